The van der Waals surface area contributed by atoms with Crippen LogP contribution >= 0.6 is 0 Å². The van der Waals surface area contributed by atoms with Crippen LogP contribution < -0.4 is 10.9 Å². The van der Waals surface area contributed by atoms with Crippen LogP contribution in [0.5, 0.6) is 0 Å². The van der Waals surface area contributed by atoms with Gasteiger partial charge in [0.15, 0.2) is 5.69 Å². The molecule has 1 amide bonds. The molecule has 0 bridgehead atoms. The molecule has 0 aliphatic carbocycles. The molecule has 2 aromatic heterocycles. The number of anilines is 1. The highest BCUT2D eigenvalue weighted by Gasteiger charge is 2.23. The van der Waals surface area contributed by atoms with Crippen molar-refractivity contribution in [1.29, 1.82) is 0 Å². The Morgan fingerprint density at radius 3 is 2.56 bits per heavy atom. The monoisotopic (exact) mass is 366 g/mol. The number of aryl methyl sites for hydroxylation is 1. The van der Waals surface area contributed by atoms with Gasteiger partial charge in [0.05, 0.1) is 17.6 Å². The molecular formula is C19H22N6O2. The molecule has 1 saturated heterocycles. The van der Waals surface area contributed by atoms with Crippen LogP contribution in [0.2, 0.25) is 0 Å². The molecule has 3 heterocycles. The molecule has 1 aliphatic heterocycles. The van der Waals surface area contributed by atoms with Gasteiger partial charge < -0.3 is 10.2 Å². The first-order valence-electron chi connectivity index (χ1n) is 9.04. The molecule has 4 rings (SSSR count). The van der Waals surface area contributed by atoms with Crippen LogP contribution in [0, 0.1) is 0 Å². The molecule has 8 nitrogen and oxygen atoms in total. The van der Waals surface area contributed by atoms with Crippen LogP contribution in [0.3, 0.4) is 0 Å². The van der Waals surface area contributed by atoms with E-state index in [4.69, 9.17) is 0 Å². The third-order valence-corrected chi connectivity index (χ3v) is 5.12. The number of carbonyl (C=O) groups is 1. The van der Waals surface area contributed by atoms with Gasteiger partial charge in [0, 0.05) is 18.5 Å². The van der Waals surface area contributed by atoms with E-state index in [-0.39, 0.29) is 23.2 Å². The summed E-state index contributed by atoms with van der Waals surface area (Å²) < 4.78 is 3.08. The number of hydrogen-bond acceptors (Lipinski definition) is 5. The summed E-state index contributed by atoms with van der Waals surface area (Å²) in [5.74, 6) is 0.297. The summed E-state index contributed by atoms with van der Waals surface area (Å²) >= 11 is 0. The number of nitrogens with zero attached hydrogens (tertiary/aromatic N) is 5. The minimum absolute atomic E-state index is 0.224. The second-order valence-electron chi connectivity index (χ2n) is 6.97. The number of amides is 1. The van der Waals surface area contributed by atoms with E-state index in [2.05, 4.69) is 27.5 Å². The van der Waals surface area contributed by atoms with Gasteiger partial charge in [-0.15, -0.1) is 0 Å². The van der Waals surface area contributed by atoms with Gasteiger partial charge in [-0.1, -0.05) is 18.2 Å². The summed E-state index contributed by atoms with van der Waals surface area (Å²) in [5.41, 5.74) is 0.00217. The SMILES string of the molecule is CN1CCC(n2nccc2NC(=O)c2nn(C)c(=O)c3ccccc23)CC1. The molecule has 0 saturated carbocycles. The van der Waals surface area contributed by atoms with Crippen molar-refractivity contribution < 1.29 is 4.79 Å². The smallest absolute Gasteiger partial charge is 0.277 e. The Balaban J connectivity index is 1.65. The van der Waals surface area contributed by atoms with Gasteiger partial charge in [-0.05, 0) is 39.0 Å². The van der Waals surface area contributed by atoms with Gasteiger partial charge in [0.1, 0.15) is 5.82 Å². The molecular weight excluding hydrogens is 344 g/mol. The molecule has 140 valence electrons. The van der Waals surface area contributed by atoms with E-state index >= 15 is 0 Å². The van der Waals surface area contributed by atoms with E-state index in [0.29, 0.717) is 16.6 Å². The molecule has 1 N–H and O–H groups in total. The predicted molar refractivity (Wildman–Crippen MR) is 103 cm³/mol. The molecule has 1 aromatic carbocycles. The Morgan fingerprint density at radius 1 is 1.11 bits per heavy atom. The van der Waals surface area contributed by atoms with Crippen LogP contribution in [0.1, 0.15) is 29.4 Å². The zero-order valence-electron chi connectivity index (χ0n) is 15.4. The number of likely N-dealkylation sites (tertiary alicyclic amines) is 1. The van der Waals surface area contributed by atoms with Crippen LogP contribution in [-0.4, -0.2) is 50.5 Å². The van der Waals surface area contributed by atoms with E-state index in [9.17, 15) is 9.59 Å². The predicted octanol–water partition coefficient (Wildman–Crippen LogP) is 1.65. The van der Waals surface area contributed by atoms with Crippen molar-refractivity contribution in [2.75, 3.05) is 25.5 Å². The van der Waals surface area contributed by atoms with Crippen molar-refractivity contribution in [3.63, 3.8) is 0 Å². The third-order valence-electron chi connectivity index (χ3n) is 5.12. The Morgan fingerprint density at radius 2 is 1.81 bits per heavy atom. The van der Waals surface area contributed by atoms with Crippen molar-refractivity contribution in [1.82, 2.24) is 24.5 Å². The first-order valence-corrected chi connectivity index (χ1v) is 9.04. The Hall–Kier alpha value is -3.00. The number of fused-ring (bicyclic) bond motifs is 1. The van der Waals surface area contributed by atoms with Gasteiger partial charge in [0.2, 0.25) is 0 Å². The van der Waals surface area contributed by atoms with Crippen molar-refractivity contribution in [3.8, 4) is 0 Å². The summed E-state index contributed by atoms with van der Waals surface area (Å²) in [6, 6.07) is 9.08. The Bertz CT molecular complexity index is 1050. The minimum atomic E-state index is -0.350. The standard InChI is InChI=1S/C19H22N6O2/c1-23-11-8-13(9-12-23)25-16(7-10-20-25)21-18(26)17-14-5-3-4-6-15(14)19(27)24(2)22-17/h3-7,10,13H,8-9,11-12H2,1-2H3,(H,21,26). The van der Waals surface area contributed by atoms with Crippen molar-refractivity contribution >= 4 is 22.5 Å². The van der Waals surface area contributed by atoms with Crippen molar-refractivity contribution in [3.05, 3.63) is 52.6 Å². The maximum Gasteiger partial charge on any atom is 0.277 e. The Kier molecular flexibility index (Phi) is 4.49. The second-order valence-corrected chi connectivity index (χ2v) is 6.97. The fraction of sp³-hybridized carbons (Fsp3) is 0.368. The van der Waals surface area contributed by atoms with Gasteiger partial charge >= 0.3 is 0 Å². The van der Waals surface area contributed by atoms with Gasteiger partial charge in [-0.2, -0.15) is 10.2 Å². The molecule has 0 radical (unpaired) electrons. The lowest BCUT2D eigenvalue weighted by atomic mass is 10.1. The quantitative estimate of drug-likeness (QED) is 0.762. The maximum atomic E-state index is 12.9. The summed E-state index contributed by atoms with van der Waals surface area (Å²) in [5, 5.41) is 12.5. The number of rotatable bonds is 3. The van der Waals surface area contributed by atoms with Crippen molar-refractivity contribution in [2.45, 2.75) is 18.9 Å². The first kappa shape index (κ1) is 17.4. The largest absolute Gasteiger partial charge is 0.306 e. The van der Waals surface area contributed by atoms with E-state index in [1.165, 1.54) is 4.68 Å². The number of hydrogen-bond donors (Lipinski definition) is 1. The van der Waals surface area contributed by atoms with E-state index in [1.54, 1.807) is 43.6 Å². The molecule has 8 heteroatoms. The Labute approximate surface area is 156 Å². The second kappa shape index (κ2) is 6.96. The van der Waals surface area contributed by atoms with Crippen LogP contribution in [0.15, 0.2) is 41.3 Å². The van der Waals surface area contributed by atoms with Gasteiger partial charge in [0.25, 0.3) is 11.5 Å². The highest BCUT2D eigenvalue weighted by Crippen LogP contribution is 2.25. The number of aromatic nitrogens is 4. The summed E-state index contributed by atoms with van der Waals surface area (Å²) in [4.78, 5) is 27.5. The molecule has 0 atom stereocenters. The van der Waals surface area contributed by atoms with E-state index in [0.717, 1.165) is 25.9 Å². The zero-order chi connectivity index (χ0) is 19.0. The fourth-order valence-corrected chi connectivity index (χ4v) is 3.59. The average Bonchev–Trinajstić information content (AvgIpc) is 3.13. The highest BCUT2D eigenvalue weighted by molar-refractivity contribution is 6.10. The first-order chi connectivity index (χ1) is 13.0. The van der Waals surface area contributed by atoms with Crippen LogP contribution in [-0.2, 0) is 7.05 Å². The lowest BCUT2D eigenvalue weighted by molar-refractivity contribution is 0.102. The number of carbonyl (C=O) groups excluding carboxylic acids is 1. The van der Waals surface area contributed by atoms with E-state index < -0.39 is 0 Å². The minimum Gasteiger partial charge on any atom is -0.306 e. The molecule has 0 spiro atoms. The normalized spacial score (nSPS) is 15.9. The van der Waals surface area contributed by atoms with Crippen LogP contribution in [0.4, 0.5) is 5.82 Å². The lowest BCUT2D eigenvalue weighted by Gasteiger charge is -2.30. The topological polar surface area (TPSA) is 85.1 Å². The maximum absolute atomic E-state index is 12.9. The van der Waals surface area contributed by atoms with Crippen molar-refractivity contribution in [2.24, 2.45) is 7.05 Å². The molecule has 0 unspecified atom stereocenters. The lowest BCUT2D eigenvalue weighted by Crippen LogP contribution is -2.32. The number of nitrogens with one attached hydrogen (secondary N) is 1. The summed E-state index contributed by atoms with van der Waals surface area (Å²) in [6.07, 6.45) is 3.67. The number of benzene rings is 1. The molecule has 1 fully saturated rings. The molecule has 27 heavy (non-hydrogen) atoms. The van der Waals surface area contributed by atoms with Crippen LogP contribution in [0.25, 0.3) is 10.8 Å². The molecule has 3 aromatic rings. The highest BCUT2D eigenvalue weighted by atomic mass is 16.2. The van der Waals surface area contributed by atoms with E-state index in [1.807, 2.05) is 4.68 Å². The zero-order valence-corrected chi connectivity index (χ0v) is 15.4. The van der Waals surface area contributed by atoms with Gasteiger partial charge in [-0.3, -0.25) is 9.59 Å². The average molecular weight is 366 g/mol. The molecule has 1 aliphatic rings. The number of piperidine rings is 1. The van der Waals surface area contributed by atoms with Gasteiger partial charge in [-0.25, -0.2) is 9.36 Å². The fourth-order valence-electron chi connectivity index (χ4n) is 3.59. The summed E-state index contributed by atoms with van der Waals surface area (Å²) in [7, 11) is 3.66. The third kappa shape index (κ3) is 3.23. The summed E-state index contributed by atoms with van der Waals surface area (Å²) in [6.45, 7) is 2.01.